The molecule has 3 heterocycles. The summed E-state index contributed by atoms with van der Waals surface area (Å²) in [6.45, 7) is 1.85. The maximum atomic E-state index is 9.72. The van der Waals surface area contributed by atoms with Crippen LogP contribution in [0.3, 0.4) is 0 Å². The van der Waals surface area contributed by atoms with E-state index in [0.717, 1.165) is 60.9 Å². The summed E-state index contributed by atoms with van der Waals surface area (Å²) in [5.74, 6) is 1.10. The Labute approximate surface area is 154 Å². The van der Waals surface area contributed by atoms with Crippen LogP contribution < -0.4 is 5.32 Å². The largest absolute Gasteiger partial charge is 0.444 e. The van der Waals surface area contributed by atoms with Crippen molar-refractivity contribution in [2.24, 2.45) is 0 Å². The highest BCUT2D eigenvalue weighted by Gasteiger charge is 2.30. The van der Waals surface area contributed by atoms with Crippen molar-refractivity contribution >= 4 is 32.7 Å². The van der Waals surface area contributed by atoms with Crippen LogP contribution in [0, 0.1) is 11.3 Å². The van der Waals surface area contributed by atoms with E-state index in [2.05, 4.69) is 31.1 Å². The lowest BCUT2D eigenvalue weighted by atomic mass is 9.90. The number of furan rings is 1. The maximum Gasteiger partial charge on any atom is 0.204 e. The lowest BCUT2D eigenvalue weighted by Gasteiger charge is -2.35. The summed E-state index contributed by atoms with van der Waals surface area (Å²) >= 11 is 3.59. The van der Waals surface area contributed by atoms with Gasteiger partial charge < -0.3 is 14.8 Å². The number of likely N-dealkylation sites (tertiary alicyclic amines) is 1. The van der Waals surface area contributed by atoms with Gasteiger partial charge in [0.05, 0.1) is 16.8 Å². The smallest absolute Gasteiger partial charge is 0.204 e. The Kier molecular flexibility index (Phi) is 4.67. The molecule has 0 radical (unpaired) electrons. The molecule has 2 aromatic heterocycles. The number of nitriles is 1. The Morgan fingerprint density at radius 2 is 2.12 bits per heavy atom. The zero-order chi connectivity index (χ0) is 17.4. The Morgan fingerprint density at radius 1 is 1.32 bits per heavy atom. The van der Waals surface area contributed by atoms with Crippen LogP contribution in [0.2, 0.25) is 0 Å². The first-order valence-corrected chi connectivity index (χ1v) is 9.60. The zero-order valence-corrected chi connectivity index (χ0v) is 15.5. The lowest BCUT2D eigenvalue weighted by molar-refractivity contribution is 0.140. The summed E-state index contributed by atoms with van der Waals surface area (Å²) in [7, 11) is 0. The van der Waals surface area contributed by atoms with Crippen LogP contribution in [0.1, 0.15) is 37.9 Å². The van der Waals surface area contributed by atoms with Gasteiger partial charge in [0.1, 0.15) is 11.9 Å². The van der Waals surface area contributed by atoms with Crippen molar-refractivity contribution in [1.82, 2.24) is 9.88 Å². The van der Waals surface area contributed by atoms with E-state index >= 15 is 0 Å². The fourth-order valence-electron chi connectivity index (χ4n) is 4.01. The number of nitrogens with zero attached hydrogens (tertiary/aromatic N) is 3. The first-order chi connectivity index (χ1) is 12.1. The molecule has 0 bridgehead atoms. The van der Waals surface area contributed by atoms with Gasteiger partial charge in [-0.25, -0.2) is 4.98 Å². The molecule has 25 heavy (non-hydrogen) atoms. The number of aromatic nitrogens is 1. The summed E-state index contributed by atoms with van der Waals surface area (Å²) < 4.78 is 6.26. The number of nitrogens with one attached hydrogen (secondary N) is 1. The first kappa shape index (κ1) is 16.8. The summed E-state index contributed by atoms with van der Waals surface area (Å²) in [6.07, 6.45) is 6.92. The van der Waals surface area contributed by atoms with Crippen molar-refractivity contribution in [2.45, 2.75) is 50.3 Å². The standard InChI is InChI=1S/C18H21BrN4O2/c19-17-15-7-14(8-20)25-16(15)9-21-18(17)22-11-1-3-12(4-2-11)23-6-5-13(24)10-23/h7,9,11-13,24H,1-6,10H2,(H,21,22). The first-order valence-electron chi connectivity index (χ1n) is 8.81. The van der Waals surface area contributed by atoms with Crippen molar-refractivity contribution in [3.8, 4) is 6.07 Å². The van der Waals surface area contributed by atoms with Gasteiger partial charge in [-0.2, -0.15) is 5.26 Å². The van der Waals surface area contributed by atoms with E-state index in [1.165, 1.54) is 0 Å². The minimum absolute atomic E-state index is 0.143. The molecule has 7 heteroatoms. The van der Waals surface area contributed by atoms with Crippen LogP contribution in [0.5, 0.6) is 0 Å². The second-order valence-electron chi connectivity index (χ2n) is 7.01. The molecule has 1 saturated heterocycles. The Hall–Kier alpha value is -1.62. The highest BCUT2D eigenvalue weighted by molar-refractivity contribution is 9.10. The molecular weight excluding hydrogens is 384 g/mol. The second-order valence-corrected chi connectivity index (χ2v) is 7.80. The number of β-amino-alcohol motifs (C(OH)–C–C–N with tert-alkyl or cyclic N) is 1. The number of fused-ring (bicyclic) bond motifs is 1. The van der Waals surface area contributed by atoms with Crippen molar-refractivity contribution in [3.63, 3.8) is 0 Å². The molecule has 2 fully saturated rings. The number of aliphatic hydroxyl groups is 1. The molecule has 0 spiro atoms. The van der Waals surface area contributed by atoms with Gasteiger partial charge in [0.25, 0.3) is 0 Å². The van der Waals surface area contributed by atoms with Crippen LogP contribution >= 0.6 is 15.9 Å². The maximum absolute atomic E-state index is 9.72. The number of pyridine rings is 1. The van der Waals surface area contributed by atoms with E-state index in [1.807, 2.05) is 6.07 Å². The van der Waals surface area contributed by atoms with E-state index in [9.17, 15) is 5.11 Å². The minimum atomic E-state index is -0.143. The number of hydrogen-bond acceptors (Lipinski definition) is 6. The van der Waals surface area contributed by atoms with Crippen molar-refractivity contribution in [2.75, 3.05) is 18.4 Å². The van der Waals surface area contributed by atoms with E-state index in [1.54, 1.807) is 12.3 Å². The molecule has 1 aliphatic heterocycles. The molecule has 1 saturated carbocycles. The van der Waals surface area contributed by atoms with Crippen molar-refractivity contribution in [3.05, 3.63) is 22.5 Å². The summed E-state index contributed by atoms with van der Waals surface area (Å²) in [5.41, 5.74) is 0.616. The second kappa shape index (κ2) is 6.94. The molecule has 1 atom stereocenters. The highest BCUT2D eigenvalue weighted by Crippen LogP contribution is 2.34. The third-order valence-electron chi connectivity index (χ3n) is 5.38. The van der Waals surface area contributed by atoms with E-state index in [-0.39, 0.29) is 6.10 Å². The fraction of sp³-hybridized carbons (Fsp3) is 0.556. The molecule has 6 nitrogen and oxygen atoms in total. The Bertz CT molecular complexity index is 807. The number of hydrogen-bond donors (Lipinski definition) is 2. The SMILES string of the molecule is N#Cc1cc2c(Br)c(NC3CCC(N4CCC(O)C4)CC3)ncc2o1. The van der Waals surface area contributed by atoms with Gasteiger partial charge in [0.15, 0.2) is 5.58 Å². The zero-order valence-electron chi connectivity index (χ0n) is 13.9. The molecule has 4 rings (SSSR count). The molecule has 1 aliphatic carbocycles. The monoisotopic (exact) mass is 404 g/mol. The average Bonchev–Trinajstić information content (AvgIpc) is 3.24. The predicted molar refractivity (Wildman–Crippen MR) is 98.3 cm³/mol. The third kappa shape index (κ3) is 3.39. The van der Waals surface area contributed by atoms with Gasteiger partial charge in [0.2, 0.25) is 5.76 Å². The summed E-state index contributed by atoms with van der Waals surface area (Å²) in [5, 5.41) is 23.1. The average molecular weight is 405 g/mol. The molecule has 2 aliphatic rings. The van der Waals surface area contributed by atoms with Crippen LogP contribution in [0.4, 0.5) is 5.82 Å². The van der Waals surface area contributed by atoms with E-state index in [0.29, 0.717) is 23.4 Å². The van der Waals surface area contributed by atoms with Crippen LogP contribution in [-0.2, 0) is 0 Å². The molecule has 132 valence electrons. The van der Waals surface area contributed by atoms with Crippen molar-refractivity contribution in [1.29, 1.82) is 5.26 Å². The van der Waals surface area contributed by atoms with Crippen LogP contribution in [0.25, 0.3) is 11.0 Å². The molecular formula is C18H21BrN4O2. The van der Waals surface area contributed by atoms with Crippen LogP contribution in [-0.4, -0.2) is 46.3 Å². The fourth-order valence-corrected chi connectivity index (χ4v) is 4.54. The van der Waals surface area contributed by atoms with Gasteiger partial charge in [-0.15, -0.1) is 0 Å². The summed E-state index contributed by atoms with van der Waals surface area (Å²) in [4.78, 5) is 6.89. The number of rotatable bonds is 3. The summed E-state index contributed by atoms with van der Waals surface area (Å²) in [6, 6.07) is 4.75. The molecule has 2 aromatic rings. The van der Waals surface area contributed by atoms with Gasteiger partial charge >= 0.3 is 0 Å². The normalized spacial score (nSPS) is 27.5. The van der Waals surface area contributed by atoms with Gasteiger partial charge in [0, 0.05) is 36.6 Å². The van der Waals surface area contributed by atoms with E-state index in [4.69, 9.17) is 9.68 Å². The quantitative estimate of drug-likeness (QED) is 0.816. The number of halogens is 1. The lowest BCUT2D eigenvalue weighted by Crippen LogP contribution is -2.39. The van der Waals surface area contributed by atoms with Gasteiger partial charge in [-0.05, 0) is 48.0 Å². The number of aliphatic hydroxyl groups excluding tert-OH is 1. The van der Waals surface area contributed by atoms with Gasteiger partial charge in [-0.3, -0.25) is 4.90 Å². The molecule has 1 unspecified atom stereocenters. The number of anilines is 1. The molecule has 0 amide bonds. The highest BCUT2D eigenvalue weighted by atomic mass is 79.9. The predicted octanol–water partition coefficient (Wildman–Crippen LogP) is 3.25. The topological polar surface area (TPSA) is 85.3 Å². The minimum Gasteiger partial charge on any atom is -0.444 e. The van der Waals surface area contributed by atoms with Crippen molar-refractivity contribution < 1.29 is 9.52 Å². The molecule has 0 aromatic carbocycles. The van der Waals surface area contributed by atoms with Crippen LogP contribution in [0.15, 0.2) is 21.2 Å². The Morgan fingerprint density at radius 3 is 2.80 bits per heavy atom. The van der Waals surface area contributed by atoms with E-state index < -0.39 is 0 Å². The third-order valence-corrected chi connectivity index (χ3v) is 6.18. The molecule has 2 N–H and O–H groups in total. The Balaban J connectivity index is 1.41. The van der Waals surface area contributed by atoms with Gasteiger partial charge in [-0.1, -0.05) is 0 Å².